The Balaban J connectivity index is 1.46. The maximum absolute atomic E-state index is 13.8. The first-order chi connectivity index (χ1) is 17.4. The van der Waals surface area contributed by atoms with Crippen LogP contribution in [-0.4, -0.2) is 97.4 Å². The van der Waals surface area contributed by atoms with Gasteiger partial charge in [0.05, 0.1) is 26.4 Å². The maximum atomic E-state index is 13.8. The number of ketones is 1. The van der Waals surface area contributed by atoms with Crippen LogP contribution in [0.3, 0.4) is 0 Å². The predicted octanol–water partition coefficient (Wildman–Crippen LogP) is 1.25. The molecular formula is C21H22Cl2N10O3. The van der Waals surface area contributed by atoms with Gasteiger partial charge >= 0.3 is 0 Å². The monoisotopic (exact) mass is 532 g/mol. The van der Waals surface area contributed by atoms with Crippen LogP contribution in [0.1, 0.15) is 16.4 Å². The van der Waals surface area contributed by atoms with Crippen LogP contribution < -0.4 is 9.80 Å². The van der Waals surface area contributed by atoms with Crippen molar-refractivity contribution in [1.82, 2.24) is 39.0 Å². The van der Waals surface area contributed by atoms with E-state index < -0.39 is 5.78 Å². The predicted molar refractivity (Wildman–Crippen MR) is 132 cm³/mol. The molecule has 0 saturated carbocycles. The molecule has 13 nitrogen and oxygen atoms in total. The molecule has 188 valence electrons. The second-order valence-electron chi connectivity index (χ2n) is 8.49. The molecule has 15 heteroatoms. The highest BCUT2D eigenvalue weighted by molar-refractivity contribution is 6.29. The van der Waals surface area contributed by atoms with Crippen molar-refractivity contribution in [2.75, 3.05) is 62.4 Å². The molecule has 2 saturated heterocycles. The van der Waals surface area contributed by atoms with E-state index in [9.17, 15) is 4.79 Å². The van der Waals surface area contributed by atoms with Gasteiger partial charge in [0, 0.05) is 40.3 Å². The van der Waals surface area contributed by atoms with Gasteiger partial charge in [0.2, 0.25) is 10.6 Å². The van der Waals surface area contributed by atoms with Crippen LogP contribution >= 0.6 is 23.2 Å². The average Bonchev–Trinajstić information content (AvgIpc) is 3.40. The lowest BCUT2D eigenvalue weighted by Crippen LogP contribution is -2.37. The highest BCUT2D eigenvalue weighted by atomic mass is 35.5. The Hall–Kier alpha value is -3.13. The van der Waals surface area contributed by atoms with E-state index >= 15 is 0 Å². The number of aromatic nitrogens is 8. The molecule has 36 heavy (non-hydrogen) atoms. The summed E-state index contributed by atoms with van der Waals surface area (Å²) >= 11 is 12.5. The van der Waals surface area contributed by atoms with Gasteiger partial charge in [0.15, 0.2) is 45.6 Å². The molecule has 0 bridgehead atoms. The van der Waals surface area contributed by atoms with Gasteiger partial charge in [0.1, 0.15) is 0 Å². The minimum absolute atomic E-state index is 0.0776. The number of carbonyl (C=O) groups excluding carboxylic acids is 1. The summed E-state index contributed by atoms with van der Waals surface area (Å²) in [6.45, 7) is 4.81. The second-order valence-corrected chi connectivity index (χ2v) is 9.17. The fraction of sp³-hybridized carbons (Fsp3) is 0.476. The molecule has 0 atom stereocenters. The summed E-state index contributed by atoms with van der Waals surface area (Å²) in [5.74, 6) is 1.05. The first-order valence-electron chi connectivity index (χ1n) is 11.4. The number of hydrogen-bond donors (Lipinski definition) is 0. The van der Waals surface area contributed by atoms with Gasteiger partial charge in [-0.05, 0) is 23.2 Å². The van der Waals surface area contributed by atoms with E-state index in [4.69, 9.17) is 32.7 Å². The summed E-state index contributed by atoms with van der Waals surface area (Å²) in [4.78, 5) is 44.6. The molecule has 6 rings (SSSR count). The Bertz CT molecular complexity index is 1380. The highest BCUT2D eigenvalue weighted by Gasteiger charge is 2.29. The molecule has 0 aromatic carbocycles. The molecular weight excluding hydrogens is 511 g/mol. The Kier molecular flexibility index (Phi) is 5.86. The number of rotatable bonds is 4. The van der Waals surface area contributed by atoms with E-state index in [1.165, 1.54) is 0 Å². The molecule has 6 heterocycles. The number of anilines is 2. The van der Waals surface area contributed by atoms with Crippen LogP contribution in [0.15, 0.2) is 0 Å². The van der Waals surface area contributed by atoms with Gasteiger partial charge in [-0.2, -0.15) is 19.9 Å². The van der Waals surface area contributed by atoms with Gasteiger partial charge in [-0.25, -0.2) is 9.97 Å². The van der Waals surface area contributed by atoms with E-state index in [2.05, 4.69) is 29.9 Å². The number of nitrogens with zero attached hydrogens (tertiary/aromatic N) is 10. The minimum atomic E-state index is -0.399. The molecule has 0 aliphatic carbocycles. The summed E-state index contributed by atoms with van der Waals surface area (Å²) in [6, 6.07) is 0. The molecule has 2 fully saturated rings. The fourth-order valence-electron chi connectivity index (χ4n) is 4.54. The topological polar surface area (TPSA) is 129 Å². The van der Waals surface area contributed by atoms with Crippen molar-refractivity contribution in [3.63, 3.8) is 0 Å². The molecule has 4 aromatic heterocycles. The van der Waals surface area contributed by atoms with Crippen LogP contribution in [0.4, 0.5) is 11.6 Å². The number of aryl methyl sites for hydroxylation is 2. The Labute approximate surface area is 215 Å². The number of carbonyl (C=O) groups is 1. The highest BCUT2D eigenvalue weighted by Crippen LogP contribution is 2.29. The van der Waals surface area contributed by atoms with Crippen molar-refractivity contribution < 1.29 is 14.3 Å². The standard InChI is InChI=1S/C21H22Cl2N10O3/c1-30-14-11(16(28-20(22)26-14)32-3-7-35-8-4-32)24-18(30)13(34)19-25-12-15(31(19)2)27-21(23)29-17(12)33-5-9-36-10-6-33/h3-10H2,1-2H3. The summed E-state index contributed by atoms with van der Waals surface area (Å²) < 4.78 is 14.1. The maximum Gasteiger partial charge on any atom is 0.263 e. The van der Waals surface area contributed by atoms with Crippen molar-refractivity contribution in [3.05, 3.63) is 22.2 Å². The van der Waals surface area contributed by atoms with Gasteiger partial charge in [0.25, 0.3) is 5.78 Å². The van der Waals surface area contributed by atoms with Crippen molar-refractivity contribution in [3.8, 4) is 0 Å². The molecule has 2 aliphatic heterocycles. The smallest absolute Gasteiger partial charge is 0.263 e. The molecule has 0 amide bonds. The Morgan fingerprint density at radius 1 is 0.667 bits per heavy atom. The van der Waals surface area contributed by atoms with Crippen LogP contribution in [0.25, 0.3) is 22.3 Å². The zero-order valence-electron chi connectivity index (χ0n) is 19.6. The fourth-order valence-corrected chi connectivity index (χ4v) is 4.86. The van der Waals surface area contributed by atoms with Crippen LogP contribution in [0.2, 0.25) is 10.6 Å². The largest absolute Gasteiger partial charge is 0.378 e. The Morgan fingerprint density at radius 3 is 1.44 bits per heavy atom. The van der Waals surface area contributed by atoms with Crippen molar-refractivity contribution >= 4 is 62.9 Å². The third-order valence-electron chi connectivity index (χ3n) is 6.37. The molecule has 0 radical (unpaired) electrons. The van der Waals surface area contributed by atoms with Crippen molar-refractivity contribution in [2.45, 2.75) is 0 Å². The lowest BCUT2D eigenvalue weighted by Gasteiger charge is -2.27. The van der Waals surface area contributed by atoms with E-state index in [1.54, 1.807) is 23.2 Å². The minimum Gasteiger partial charge on any atom is -0.378 e. The van der Waals surface area contributed by atoms with Crippen LogP contribution in [-0.2, 0) is 23.6 Å². The molecule has 2 aliphatic rings. The number of morpholine rings is 2. The summed E-state index contributed by atoms with van der Waals surface area (Å²) in [6.07, 6.45) is 0. The average molecular weight is 533 g/mol. The summed E-state index contributed by atoms with van der Waals surface area (Å²) in [5, 5.41) is 0.155. The lowest BCUT2D eigenvalue weighted by atomic mass is 10.3. The van der Waals surface area contributed by atoms with Gasteiger partial charge in [-0.1, -0.05) is 0 Å². The molecule has 0 unspecified atom stereocenters. The van der Waals surface area contributed by atoms with Gasteiger partial charge in [-0.3, -0.25) is 4.79 Å². The zero-order chi connectivity index (χ0) is 25.0. The van der Waals surface area contributed by atoms with E-state index in [0.29, 0.717) is 86.6 Å². The normalized spacial score (nSPS) is 16.9. The first kappa shape index (κ1) is 23.3. The number of imidazole rings is 2. The lowest BCUT2D eigenvalue weighted by molar-refractivity contribution is 0.101. The number of halogens is 2. The Morgan fingerprint density at radius 2 is 1.06 bits per heavy atom. The quantitative estimate of drug-likeness (QED) is 0.278. The molecule has 0 N–H and O–H groups in total. The van der Waals surface area contributed by atoms with Crippen molar-refractivity contribution in [1.29, 1.82) is 0 Å². The number of hydrogen-bond acceptors (Lipinski definition) is 11. The third kappa shape index (κ3) is 3.82. The van der Waals surface area contributed by atoms with E-state index in [1.807, 2.05) is 9.80 Å². The molecule has 0 spiro atoms. The van der Waals surface area contributed by atoms with Gasteiger partial charge < -0.3 is 28.4 Å². The third-order valence-corrected chi connectivity index (χ3v) is 6.71. The van der Waals surface area contributed by atoms with Crippen LogP contribution in [0.5, 0.6) is 0 Å². The van der Waals surface area contributed by atoms with Gasteiger partial charge in [-0.15, -0.1) is 0 Å². The van der Waals surface area contributed by atoms with E-state index in [-0.39, 0.29) is 22.2 Å². The van der Waals surface area contributed by atoms with E-state index in [0.717, 1.165) is 0 Å². The zero-order valence-corrected chi connectivity index (χ0v) is 21.1. The molecule has 4 aromatic rings. The number of ether oxygens (including phenoxy) is 2. The van der Waals surface area contributed by atoms with Crippen molar-refractivity contribution in [2.24, 2.45) is 14.1 Å². The summed E-state index contributed by atoms with van der Waals surface area (Å²) in [5.41, 5.74) is 1.89. The number of fused-ring (bicyclic) bond motifs is 2. The van der Waals surface area contributed by atoms with Crippen LogP contribution in [0, 0.1) is 0 Å². The first-order valence-corrected chi connectivity index (χ1v) is 12.2. The second kappa shape index (κ2) is 9.07. The SMILES string of the molecule is Cn1c(C(=O)c2nc3c(N4CCOCC4)nc(Cl)nc3n2C)nc2c(N3CCOCC3)nc(Cl)nc21. The summed E-state index contributed by atoms with van der Waals surface area (Å²) in [7, 11) is 3.43.